The van der Waals surface area contributed by atoms with Crippen LogP contribution in [0.25, 0.3) is 0 Å². The molecule has 4 nitrogen and oxygen atoms in total. The molecule has 1 aromatic carbocycles. The van der Waals surface area contributed by atoms with Gasteiger partial charge in [-0.3, -0.25) is 9.59 Å². The first-order valence-corrected chi connectivity index (χ1v) is 5.63. The maximum Gasteiger partial charge on any atom is 0.305 e. The number of carboxylic acids is 1. The summed E-state index contributed by atoms with van der Waals surface area (Å²) in [5.74, 6) is -2.02. The third-order valence-corrected chi connectivity index (χ3v) is 2.80. The minimum atomic E-state index is -1.00. The van der Waals surface area contributed by atoms with Crippen molar-refractivity contribution in [3.05, 3.63) is 34.1 Å². The van der Waals surface area contributed by atoms with E-state index >= 15 is 0 Å². The van der Waals surface area contributed by atoms with Crippen LogP contribution in [0.4, 0.5) is 4.39 Å². The van der Waals surface area contributed by atoms with Gasteiger partial charge in [-0.1, -0.05) is 11.6 Å². The molecule has 18 heavy (non-hydrogen) atoms. The summed E-state index contributed by atoms with van der Waals surface area (Å²) in [6.07, 6.45) is -0.172. The number of carbonyl (C=O) groups is 2. The minimum absolute atomic E-state index is 0.0349. The topological polar surface area (TPSA) is 57.6 Å². The van der Waals surface area contributed by atoms with Crippen molar-refractivity contribution in [2.45, 2.75) is 13.3 Å². The Labute approximate surface area is 109 Å². The minimum Gasteiger partial charge on any atom is -0.481 e. The van der Waals surface area contributed by atoms with Gasteiger partial charge in [-0.2, -0.15) is 0 Å². The quantitative estimate of drug-likeness (QED) is 0.916. The molecule has 0 spiro atoms. The largest absolute Gasteiger partial charge is 0.481 e. The Balaban J connectivity index is 2.90. The van der Waals surface area contributed by atoms with Crippen LogP contribution in [-0.2, 0) is 4.79 Å². The molecule has 0 unspecified atom stereocenters. The van der Waals surface area contributed by atoms with Crippen LogP contribution in [0.15, 0.2) is 12.1 Å². The fraction of sp³-hybridized carbons (Fsp3) is 0.333. The van der Waals surface area contributed by atoms with Crippen molar-refractivity contribution in [3.63, 3.8) is 0 Å². The van der Waals surface area contributed by atoms with E-state index in [1.54, 1.807) is 6.92 Å². The lowest BCUT2D eigenvalue weighted by molar-refractivity contribution is -0.137. The van der Waals surface area contributed by atoms with Crippen molar-refractivity contribution in [1.82, 2.24) is 4.90 Å². The summed E-state index contributed by atoms with van der Waals surface area (Å²) in [7, 11) is 1.44. The molecule has 1 aromatic rings. The monoisotopic (exact) mass is 273 g/mol. The molecule has 1 amide bonds. The van der Waals surface area contributed by atoms with Crippen molar-refractivity contribution >= 4 is 23.5 Å². The summed E-state index contributed by atoms with van der Waals surface area (Å²) >= 11 is 5.87. The molecule has 0 saturated heterocycles. The molecular formula is C12H13ClFNO3. The maximum atomic E-state index is 13.4. The summed E-state index contributed by atoms with van der Waals surface area (Å²) in [5, 5.41) is 8.68. The zero-order valence-corrected chi connectivity index (χ0v) is 10.8. The highest BCUT2D eigenvalue weighted by Crippen LogP contribution is 2.21. The molecule has 0 aliphatic heterocycles. The fourth-order valence-corrected chi connectivity index (χ4v) is 1.68. The van der Waals surface area contributed by atoms with Gasteiger partial charge in [0.2, 0.25) is 0 Å². The van der Waals surface area contributed by atoms with E-state index < -0.39 is 17.7 Å². The molecule has 0 aromatic heterocycles. The van der Waals surface area contributed by atoms with Crippen molar-refractivity contribution in [2.75, 3.05) is 13.6 Å². The highest BCUT2D eigenvalue weighted by molar-refractivity contribution is 6.33. The van der Waals surface area contributed by atoms with E-state index in [-0.39, 0.29) is 23.6 Å². The first kappa shape index (κ1) is 14.4. The second kappa shape index (κ2) is 5.82. The summed E-state index contributed by atoms with van der Waals surface area (Å²) < 4.78 is 13.4. The standard InChI is InChI=1S/C12H13ClFNO3/c1-7-5-9(13)8(6-10(7)14)12(18)15(2)4-3-11(16)17/h5-6H,3-4H2,1-2H3,(H,16,17). The van der Waals surface area contributed by atoms with Crippen molar-refractivity contribution in [3.8, 4) is 0 Å². The number of benzene rings is 1. The molecule has 0 aliphatic carbocycles. The van der Waals surface area contributed by atoms with Gasteiger partial charge in [0.1, 0.15) is 5.82 Å². The van der Waals surface area contributed by atoms with Crippen molar-refractivity contribution in [2.24, 2.45) is 0 Å². The Bertz CT molecular complexity index is 490. The van der Waals surface area contributed by atoms with Crippen LogP contribution in [-0.4, -0.2) is 35.5 Å². The number of aliphatic carboxylic acids is 1. The van der Waals surface area contributed by atoms with E-state index in [4.69, 9.17) is 16.7 Å². The molecule has 6 heteroatoms. The van der Waals surface area contributed by atoms with Crippen LogP contribution >= 0.6 is 11.6 Å². The van der Waals surface area contributed by atoms with E-state index in [0.29, 0.717) is 5.56 Å². The van der Waals surface area contributed by atoms with E-state index in [1.807, 2.05) is 0 Å². The molecule has 0 heterocycles. The predicted octanol–water partition coefficient (Wildman–Crippen LogP) is 2.33. The second-order valence-corrected chi connectivity index (χ2v) is 4.36. The van der Waals surface area contributed by atoms with Crippen LogP contribution < -0.4 is 0 Å². The van der Waals surface area contributed by atoms with E-state index in [2.05, 4.69) is 0 Å². The summed E-state index contributed by atoms with van der Waals surface area (Å²) in [5.41, 5.74) is 0.386. The Morgan fingerprint density at radius 2 is 2.06 bits per heavy atom. The Kier molecular flexibility index (Phi) is 4.67. The van der Waals surface area contributed by atoms with Crippen LogP contribution in [0.3, 0.4) is 0 Å². The number of amides is 1. The van der Waals surface area contributed by atoms with Gasteiger partial charge in [0.15, 0.2) is 0 Å². The van der Waals surface area contributed by atoms with Crippen molar-refractivity contribution < 1.29 is 19.1 Å². The molecule has 0 saturated carbocycles. The molecule has 0 radical (unpaired) electrons. The highest BCUT2D eigenvalue weighted by atomic mass is 35.5. The molecule has 0 aliphatic rings. The Morgan fingerprint density at radius 1 is 1.44 bits per heavy atom. The number of hydrogen-bond donors (Lipinski definition) is 1. The first-order chi connectivity index (χ1) is 8.32. The number of carbonyl (C=O) groups excluding carboxylic acids is 1. The zero-order valence-electron chi connectivity index (χ0n) is 10.0. The number of hydrogen-bond acceptors (Lipinski definition) is 2. The number of nitrogens with zero attached hydrogens (tertiary/aromatic N) is 1. The summed E-state index contributed by atoms with van der Waals surface area (Å²) in [6.45, 7) is 1.59. The Morgan fingerprint density at radius 3 is 2.61 bits per heavy atom. The number of rotatable bonds is 4. The van der Waals surface area contributed by atoms with Gasteiger partial charge in [-0.15, -0.1) is 0 Å². The molecule has 1 rings (SSSR count). The molecular weight excluding hydrogens is 261 g/mol. The van der Waals surface area contributed by atoms with Crippen LogP contribution in [0.1, 0.15) is 22.3 Å². The van der Waals surface area contributed by atoms with E-state index in [9.17, 15) is 14.0 Å². The lowest BCUT2D eigenvalue weighted by Gasteiger charge is -2.17. The van der Waals surface area contributed by atoms with Gasteiger partial charge >= 0.3 is 5.97 Å². The molecule has 0 fully saturated rings. The number of carboxylic acid groups (broad SMARTS) is 1. The molecule has 1 N–H and O–H groups in total. The molecule has 0 atom stereocenters. The van der Waals surface area contributed by atoms with Crippen molar-refractivity contribution in [1.29, 1.82) is 0 Å². The van der Waals surface area contributed by atoms with Gasteiger partial charge in [-0.05, 0) is 24.6 Å². The fourth-order valence-electron chi connectivity index (χ4n) is 1.38. The maximum absolute atomic E-state index is 13.4. The van der Waals surface area contributed by atoms with E-state index in [0.717, 1.165) is 6.07 Å². The number of halogens is 2. The normalized spacial score (nSPS) is 10.2. The van der Waals surface area contributed by atoms with Gasteiger partial charge in [-0.25, -0.2) is 4.39 Å². The average Bonchev–Trinajstić information content (AvgIpc) is 2.29. The average molecular weight is 274 g/mol. The zero-order chi connectivity index (χ0) is 13.9. The molecule has 0 bridgehead atoms. The second-order valence-electron chi connectivity index (χ2n) is 3.95. The SMILES string of the molecule is Cc1cc(Cl)c(C(=O)N(C)CCC(=O)O)cc1F. The highest BCUT2D eigenvalue weighted by Gasteiger charge is 2.17. The van der Waals surface area contributed by atoms with Crippen LogP contribution in [0, 0.1) is 12.7 Å². The van der Waals surface area contributed by atoms with Crippen LogP contribution in [0.5, 0.6) is 0 Å². The smallest absolute Gasteiger partial charge is 0.305 e. The summed E-state index contributed by atoms with van der Waals surface area (Å²) in [6, 6.07) is 2.44. The van der Waals surface area contributed by atoms with Gasteiger partial charge < -0.3 is 10.0 Å². The first-order valence-electron chi connectivity index (χ1n) is 5.26. The van der Waals surface area contributed by atoms with Gasteiger partial charge in [0.25, 0.3) is 5.91 Å². The third-order valence-electron chi connectivity index (χ3n) is 2.49. The third kappa shape index (κ3) is 3.43. The lowest BCUT2D eigenvalue weighted by atomic mass is 10.1. The Hall–Kier alpha value is -1.62. The lowest BCUT2D eigenvalue weighted by Crippen LogP contribution is -2.29. The predicted molar refractivity (Wildman–Crippen MR) is 65.4 cm³/mol. The van der Waals surface area contributed by atoms with Gasteiger partial charge in [0.05, 0.1) is 17.0 Å². The van der Waals surface area contributed by atoms with E-state index in [1.165, 1.54) is 18.0 Å². The molecule has 98 valence electrons. The number of aryl methyl sites for hydroxylation is 1. The summed E-state index contributed by atoms with van der Waals surface area (Å²) in [4.78, 5) is 23.5. The van der Waals surface area contributed by atoms with Gasteiger partial charge in [0, 0.05) is 13.6 Å². The van der Waals surface area contributed by atoms with Crippen LogP contribution in [0.2, 0.25) is 5.02 Å².